The van der Waals surface area contributed by atoms with Gasteiger partial charge in [0.15, 0.2) is 0 Å². The quantitative estimate of drug-likeness (QED) is 0.771. The summed E-state index contributed by atoms with van der Waals surface area (Å²) in [6.45, 7) is 4.25. The summed E-state index contributed by atoms with van der Waals surface area (Å²) in [4.78, 5) is 11.6. The fourth-order valence-corrected chi connectivity index (χ4v) is 1.38. The highest BCUT2D eigenvalue weighted by atomic mass is 16.5. The molecular formula is C14H21NO3. The van der Waals surface area contributed by atoms with E-state index in [0.717, 1.165) is 5.56 Å². The van der Waals surface area contributed by atoms with E-state index in [9.17, 15) is 9.90 Å². The molecule has 0 aliphatic heterocycles. The lowest BCUT2D eigenvalue weighted by Gasteiger charge is -2.15. The van der Waals surface area contributed by atoms with Crippen LogP contribution in [0, 0.1) is 0 Å². The van der Waals surface area contributed by atoms with Gasteiger partial charge in [0.2, 0.25) is 5.91 Å². The van der Waals surface area contributed by atoms with Crippen LogP contribution in [0.1, 0.15) is 25.8 Å². The minimum absolute atomic E-state index is 0.196. The number of aliphatic hydroxyl groups is 1. The molecule has 0 heterocycles. The lowest BCUT2D eigenvalue weighted by molar-refractivity contribution is -0.132. The molecule has 1 rings (SSSR count). The Morgan fingerprint density at radius 1 is 1.39 bits per heavy atom. The molecule has 0 saturated heterocycles. The second kappa shape index (κ2) is 7.84. The smallest absolute Gasteiger partial charge is 0.248 e. The zero-order valence-electron chi connectivity index (χ0n) is 10.9. The number of hydrogen-bond acceptors (Lipinski definition) is 3. The molecule has 0 radical (unpaired) electrons. The molecule has 2 N–H and O–H groups in total. The van der Waals surface area contributed by atoms with Crippen LogP contribution in [-0.2, 0) is 16.1 Å². The Labute approximate surface area is 108 Å². The summed E-state index contributed by atoms with van der Waals surface area (Å²) in [7, 11) is 0. The number of aliphatic hydroxyl groups excluding tert-OH is 1. The molecule has 4 heteroatoms. The Bertz CT molecular complexity index is 353. The Hall–Kier alpha value is -1.39. The van der Waals surface area contributed by atoms with E-state index in [0.29, 0.717) is 13.0 Å². The molecule has 0 aliphatic carbocycles. The predicted octanol–water partition coefficient (Wildman–Crippen LogP) is 1.48. The van der Waals surface area contributed by atoms with Gasteiger partial charge in [-0.1, -0.05) is 37.3 Å². The van der Waals surface area contributed by atoms with E-state index in [1.165, 1.54) is 0 Å². The van der Waals surface area contributed by atoms with E-state index in [-0.39, 0.29) is 12.5 Å². The van der Waals surface area contributed by atoms with Crippen LogP contribution in [0.4, 0.5) is 0 Å². The van der Waals surface area contributed by atoms with Gasteiger partial charge in [-0.15, -0.1) is 0 Å². The predicted molar refractivity (Wildman–Crippen MR) is 70.0 cm³/mol. The maximum Gasteiger partial charge on any atom is 0.248 e. The van der Waals surface area contributed by atoms with Crippen LogP contribution >= 0.6 is 0 Å². The van der Waals surface area contributed by atoms with Crippen molar-refractivity contribution in [3.8, 4) is 0 Å². The lowest BCUT2D eigenvalue weighted by Crippen LogP contribution is -2.38. The van der Waals surface area contributed by atoms with Crippen molar-refractivity contribution in [2.45, 2.75) is 39.1 Å². The van der Waals surface area contributed by atoms with E-state index in [1.807, 2.05) is 37.3 Å². The zero-order chi connectivity index (χ0) is 13.4. The van der Waals surface area contributed by atoms with E-state index >= 15 is 0 Å². The second-order valence-electron chi connectivity index (χ2n) is 4.25. The fourth-order valence-electron chi connectivity index (χ4n) is 1.38. The highest BCUT2D eigenvalue weighted by molar-refractivity contribution is 5.80. The maximum atomic E-state index is 11.6. The van der Waals surface area contributed by atoms with E-state index in [2.05, 4.69) is 5.32 Å². The van der Waals surface area contributed by atoms with Crippen molar-refractivity contribution in [3.63, 3.8) is 0 Å². The van der Waals surface area contributed by atoms with Crippen LogP contribution in [0.25, 0.3) is 0 Å². The molecule has 2 unspecified atom stereocenters. The lowest BCUT2D eigenvalue weighted by atomic mass is 10.2. The highest BCUT2D eigenvalue weighted by Crippen LogP contribution is 2.03. The summed E-state index contributed by atoms with van der Waals surface area (Å²) < 4.78 is 5.46. The first kappa shape index (κ1) is 14.7. The Morgan fingerprint density at radius 3 is 2.67 bits per heavy atom. The first-order chi connectivity index (χ1) is 8.63. The van der Waals surface area contributed by atoms with Gasteiger partial charge in [-0.3, -0.25) is 4.79 Å². The molecule has 0 aliphatic rings. The minimum Gasteiger partial charge on any atom is -0.391 e. The van der Waals surface area contributed by atoms with Crippen LogP contribution in [0.2, 0.25) is 0 Å². The zero-order valence-corrected chi connectivity index (χ0v) is 10.9. The number of carbonyl (C=O) groups is 1. The molecule has 18 heavy (non-hydrogen) atoms. The summed E-state index contributed by atoms with van der Waals surface area (Å²) in [6.07, 6.45) is -0.385. The molecule has 4 nitrogen and oxygen atoms in total. The number of ether oxygens (including phenoxy) is 1. The molecule has 0 bridgehead atoms. The van der Waals surface area contributed by atoms with Gasteiger partial charge in [-0.05, 0) is 18.9 Å². The van der Waals surface area contributed by atoms with Crippen LogP contribution in [0.5, 0.6) is 0 Å². The number of amides is 1. The summed E-state index contributed by atoms with van der Waals surface area (Å²) in [6, 6.07) is 9.70. The molecule has 1 aromatic rings. The maximum absolute atomic E-state index is 11.6. The van der Waals surface area contributed by atoms with Gasteiger partial charge in [-0.25, -0.2) is 0 Å². The summed E-state index contributed by atoms with van der Waals surface area (Å²) in [5.41, 5.74) is 1.03. The third-order valence-electron chi connectivity index (χ3n) is 2.70. The first-order valence-corrected chi connectivity index (χ1v) is 6.24. The number of rotatable bonds is 7. The Kier molecular flexibility index (Phi) is 6.39. The first-order valence-electron chi connectivity index (χ1n) is 6.24. The van der Waals surface area contributed by atoms with Crippen molar-refractivity contribution >= 4 is 5.91 Å². The van der Waals surface area contributed by atoms with Crippen molar-refractivity contribution in [1.29, 1.82) is 0 Å². The van der Waals surface area contributed by atoms with Crippen LogP contribution in [0.15, 0.2) is 30.3 Å². The van der Waals surface area contributed by atoms with E-state index < -0.39 is 12.2 Å². The molecule has 2 atom stereocenters. The monoisotopic (exact) mass is 251 g/mol. The molecule has 0 saturated carbocycles. The van der Waals surface area contributed by atoms with Gasteiger partial charge in [0, 0.05) is 6.54 Å². The van der Waals surface area contributed by atoms with Crippen LogP contribution in [-0.4, -0.2) is 29.8 Å². The Morgan fingerprint density at radius 2 is 2.06 bits per heavy atom. The molecular weight excluding hydrogens is 230 g/mol. The number of benzene rings is 1. The van der Waals surface area contributed by atoms with Crippen molar-refractivity contribution in [3.05, 3.63) is 35.9 Å². The van der Waals surface area contributed by atoms with Gasteiger partial charge < -0.3 is 15.2 Å². The van der Waals surface area contributed by atoms with Gasteiger partial charge in [-0.2, -0.15) is 0 Å². The van der Waals surface area contributed by atoms with E-state index in [1.54, 1.807) is 6.92 Å². The SMILES string of the molecule is CCC(O)CNC(=O)C(C)OCc1ccccc1. The Balaban J connectivity index is 2.27. The van der Waals surface area contributed by atoms with Crippen LogP contribution in [0.3, 0.4) is 0 Å². The molecule has 1 aromatic carbocycles. The normalized spacial score (nSPS) is 13.9. The number of nitrogens with one attached hydrogen (secondary N) is 1. The third kappa shape index (κ3) is 5.29. The molecule has 100 valence electrons. The number of hydrogen-bond donors (Lipinski definition) is 2. The fraction of sp³-hybridized carbons (Fsp3) is 0.500. The standard InChI is InChI=1S/C14H21NO3/c1-3-13(16)9-15-14(17)11(2)18-10-12-7-5-4-6-8-12/h4-8,11,13,16H,3,9-10H2,1-2H3,(H,15,17). The van der Waals surface area contributed by atoms with Gasteiger partial charge in [0.25, 0.3) is 0 Å². The number of carbonyl (C=O) groups excluding carboxylic acids is 1. The van der Waals surface area contributed by atoms with Gasteiger partial charge in [0.1, 0.15) is 6.10 Å². The van der Waals surface area contributed by atoms with Crippen molar-refractivity contribution in [2.75, 3.05) is 6.54 Å². The highest BCUT2D eigenvalue weighted by Gasteiger charge is 2.14. The average Bonchev–Trinajstić information content (AvgIpc) is 2.42. The van der Waals surface area contributed by atoms with Gasteiger partial charge >= 0.3 is 0 Å². The molecule has 0 aromatic heterocycles. The summed E-state index contributed by atoms with van der Waals surface area (Å²) in [5, 5.41) is 12.0. The molecule has 0 spiro atoms. The second-order valence-corrected chi connectivity index (χ2v) is 4.25. The van der Waals surface area contributed by atoms with E-state index in [4.69, 9.17) is 4.74 Å². The minimum atomic E-state index is -0.519. The topological polar surface area (TPSA) is 58.6 Å². The average molecular weight is 251 g/mol. The van der Waals surface area contributed by atoms with Crippen LogP contribution < -0.4 is 5.32 Å². The van der Waals surface area contributed by atoms with Crippen molar-refractivity contribution < 1.29 is 14.6 Å². The third-order valence-corrected chi connectivity index (χ3v) is 2.70. The largest absolute Gasteiger partial charge is 0.391 e. The van der Waals surface area contributed by atoms with Crippen molar-refractivity contribution in [1.82, 2.24) is 5.32 Å². The molecule has 0 fully saturated rings. The molecule has 1 amide bonds. The van der Waals surface area contributed by atoms with Crippen molar-refractivity contribution in [2.24, 2.45) is 0 Å². The summed E-state index contributed by atoms with van der Waals surface area (Å²) in [5.74, 6) is -0.196. The van der Waals surface area contributed by atoms with Gasteiger partial charge in [0.05, 0.1) is 12.7 Å². The summed E-state index contributed by atoms with van der Waals surface area (Å²) >= 11 is 0.